The molecular weight excluding hydrogens is 312 g/mol. The van der Waals surface area contributed by atoms with E-state index in [9.17, 15) is 4.79 Å². The lowest BCUT2D eigenvalue weighted by Crippen LogP contribution is -2.13. The number of carbonyl (C=O) groups excluding carboxylic acids is 1. The number of hydrogen-bond donors (Lipinski definition) is 1. The van der Waals surface area contributed by atoms with Crippen LogP contribution < -0.4 is 5.32 Å². The van der Waals surface area contributed by atoms with Crippen LogP contribution in [0.1, 0.15) is 52.2 Å². The fraction of sp³-hybridized carbons (Fsp3) is 0.333. The second-order valence-electron chi connectivity index (χ2n) is 6.73. The van der Waals surface area contributed by atoms with Crippen LogP contribution in [0.25, 0.3) is 5.57 Å². The van der Waals surface area contributed by atoms with E-state index in [0.717, 1.165) is 18.8 Å². The minimum absolute atomic E-state index is 0.350. The Morgan fingerprint density at radius 3 is 3.00 bits per heavy atom. The van der Waals surface area contributed by atoms with Crippen molar-refractivity contribution in [3.05, 3.63) is 65.0 Å². The normalized spacial score (nSPS) is 16.0. The largest absolute Gasteiger partial charge is 0.465 e. The number of nitrogens with zero attached hydrogens (tertiary/aromatic N) is 1. The maximum atomic E-state index is 11.9. The summed E-state index contributed by atoms with van der Waals surface area (Å²) < 4.78 is 4.85. The highest BCUT2D eigenvalue weighted by Gasteiger charge is 2.25. The van der Waals surface area contributed by atoms with Crippen LogP contribution in [0.2, 0.25) is 0 Å². The summed E-state index contributed by atoms with van der Waals surface area (Å²) in [6.07, 6.45) is 10.4. The number of carbonyl (C=O) groups is 1. The Bertz CT molecular complexity index is 838. The highest BCUT2D eigenvalue weighted by molar-refractivity contribution is 5.95. The van der Waals surface area contributed by atoms with Crippen LogP contribution in [0.4, 0.5) is 5.69 Å². The van der Waals surface area contributed by atoms with Gasteiger partial charge in [-0.2, -0.15) is 0 Å². The molecule has 4 rings (SSSR count). The van der Waals surface area contributed by atoms with Gasteiger partial charge in [0.2, 0.25) is 0 Å². The zero-order valence-corrected chi connectivity index (χ0v) is 14.4. The Balaban J connectivity index is 1.53. The van der Waals surface area contributed by atoms with Crippen LogP contribution >= 0.6 is 0 Å². The average Bonchev–Trinajstić information content (AvgIpc) is 3.50. The number of benzene rings is 1. The Morgan fingerprint density at radius 1 is 1.32 bits per heavy atom. The van der Waals surface area contributed by atoms with E-state index >= 15 is 0 Å². The molecule has 0 bridgehead atoms. The number of pyridine rings is 1. The van der Waals surface area contributed by atoms with Gasteiger partial charge in [0.25, 0.3) is 0 Å². The van der Waals surface area contributed by atoms with Crippen molar-refractivity contribution < 1.29 is 9.53 Å². The number of aromatic nitrogens is 1. The molecule has 0 radical (unpaired) electrons. The van der Waals surface area contributed by atoms with Crippen LogP contribution in [-0.2, 0) is 11.2 Å². The summed E-state index contributed by atoms with van der Waals surface area (Å²) in [5.41, 5.74) is 6.77. The standard InChI is InChI=1S/C21H22N2O2/c1-25-21(24)19-9-10-22-13-20(19)23-12-17-4-2-3-16-11-15(14-5-6-14)7-8-18(16)17/h4,7-11,13-14,23H,2-3,5-6,12H2,1H3. The maximum Gasteiger partial charge on any atom is 0.340 e. The predicted molar refractivity (Wildman–Crippen MR) is 98.8 cm³/mol. The van der Waals surface area contributed by atoms with Gasteiger partial charge in [0.15, 0.2) is 0 Å². The fourth-order valence-electron chi connectivity index (χ4n) is 3.50. The van der Waals surface area contributed by atoms with Gasteiger partial charge in [0.05, 0.1) is 24.6 Å². The molecule has 0 spiro atoms. The van der Waals surface area contributed by atoms with Crippen LogP contribution in [0, 0.1) is 0 Å². The number of anilines is 1. The van der Waals surface area contributed by atoms with Crippen LogP contribution in [0.5, 0.6) is 0 Å². The number of fused-ring (bicyclic) bond motifs is 1. The molecule has 25 heavy (non-hydrogen) atoms. The van der Waals surface area contributed by atoms with Crippen LogP contribution in [-0.4, -0.2) is 24.6 Å². The van der Waals surface area contributed by atoms with Crippen molar-refractivity contribution in [3.8, 4) is 0 Å². The average molecular weight is 334 g/mol. The molecule has 2 aromatic rings. The Morgan fingerprint density at radius 2 is 2.20 bits per heavy atom. The summed E-state index contributed by atoms with van der Waals surface area (Å²) in [5.74, 6) is 0.438. The number of rotatable bonds is 5. The van der Waals surface area contributed by atoms with Gasteiger partial charge in [0, 0.05) is 12.7 Å². The first-order valence-corrected chi connectivity index (χ1v) is 8.84. The molecule has 2 aliphatic carbocycles. The molecule has 0 amide bonds. The third-order valence-corrected chi connectivity index (χ3v) is 5.02. The predicted octanol–water partition coefficient (Wildman–Crippen LogP) is 4.19. The molecule has 2 aliphatic rings. The Hall–Kier alpha value is -2.62. The lowest BCUT2D eigenvalue weighted by Gasteiger charge is -2.20. The second kappa shape index (κ2) is 6.71. The van der Waals surface area contributed by atoms with Gasteiger partial charge in [-0.25, -0.2) is 4.79 Å². The van der Waals surface area contributed by atoms with E-state index < -0.39 is 0 Å². The lowest BCUT2D eigenvalue weighted by molar-refractivity contribution is 0.0601. The zero-order valence-electron chi connectivity index (χ0n) is 14.4. The Kier molecular flexibility index (Phi) is 4.26. The van der Waals surface area contributed by atoms with E-state index in [1.807, 2.05) is 0 Å². The van der Waals surface area contributed by atoms with Gasteiger partial charge in [0.1, 0.15) is 0 Å². The minimum Gasteiger partial charge on any atom is -0.465 e. The number of aryl methyl sites for hydroxylation is 1. The van der Waals surface area contributed by atoms with Crippen LogP contribution in [0.15, 0.2) is 42.7 Å². The highest BCUT2D eigenvalue weighted by Crippen LogP contribution is 2.41. The van der Waals surface area contributed by atoms with E-state index in [1.165, 1.54) is 42.2 Å². The molecule has 0 atom stereocenters. The monoisotopic (exact) mass is 334 g/mol. The van der Waals surface area contributed by atoms with E-state index in [2.05, 4.69) is 34.6 Å². The molecule has 1 fully saturated rings. The molecular formula is C21H22N2O2. The summed E-state index contributed by atoms with van der Waals surface area (Å²) in [7, 11) is 1.39. The van der Waals surface area contributed by atoms with Crippen LogP contribution in [0.3, 0.4) is 0 Å². The maximum absolute atomic E-state index is 11.9. The summed E-state index contributed by atoms with van der Waals surface area (Å²) in [6, 6.07) is 8.61. The van der Waals surface area contributed by atoms with E-state index in [4.69, 9.17) is 4.74 Å². The van der Waals surface area contributed by atoms with Crippen molar-refractivity contribution in [2.75, 3.05) is 19.0 Å². The number of allylic oxidation sites excluding steroid dienone is 1. The van der Waals surface area contributed by atoms with Crippen molar-refractivity contribution in [1.82, 2.24) is 4.98 Å². The van der Waals surface area contributed by atoms with Crippen molar-refractivity contribution in [2.45, 2.75) is 31.6 Å². The van der Waals surface area contributed by atoms with Crippen molar-refractivity contribution in [3.63, 3.8) is 0 Å². The molecule has 128 valence electrons. The number of esters is 1. The summed E-state index contributed by atoms with van der Waals surface area (Å²) in [5, 5.41) is 3.36. The summed E-state index contributed by atoms with van der Waals surface area (Å²) >= 11 is 0. The molecule has 1 aromatic heterocycles. The lowest BCUT2D eigenvalue weighted by atomic mass is 9.88. The molecule has 1 heterocycles. The first-order valence-electron chi connectivity index (χ1n) is 8.84. The SMILES string of the molecule is COC(=O)c1ccncc1NCC1=CCCc2cc(C3CC3)ccc21. The first kappa shape index (κ1) is 15.9. The molecule has 0 saturated heterocycles. The van der Waals surface area contributed by atoms with Crippen molar-refractivity contribution >= 4 is 17.2 Å². The third kappa shape index (κ3) is 3.29. The van der Waals surface area contributed by atoms with Crippen molar-refractivity contribution in [2.24, 2.45) is 0 Å². The quantitative estimate of drug-likeness (QED) is 0.833. The van der Waals surface area contributed by atoms with Gasteiger partial charge in [-0.1, -0.05) is 24.3 Å². The number of nitrogens with one attached hydrogen (secondary N) is 1. The molecule has 0 unspecified atom stereocenters. The first-order chi connectivity index (χ1) is 12.3. The molecule has 1 saturated carbocycles. The van der Waals surface area contributed by atoms with Gasteiger partial charge in [-0.3, -0.25) is 4.98 Å². The molecule has 1 N–H and O–H groups in total. The summed E-state index contributed by atoms with van der Waals surface area (Å²) in [6.45, 7) is 0.672. The zero-order chi connectivity index (χ0) is 17.2. The number of ether oxygens (including phenoxy) is 1. The Labute approximate surface area is 147 Å². The summed E-state index contributed by atoms with van der Waals surface area (Å²) in [4.78, 5) is 16.0. The van der Waals surface area contributed by atoms with Crippen molar-refractivity contribution in [1.29, 1.82) is 0 Å². The van der Waals surface area contributed by atoms with Gasteiger partial charge in [-0.05, 0) is 59.9 Å². The van der Waals surface area contributed by atoms with Gasteiger partial charge >= 0.3 is 5.97 Å². The molecule has 4 nitrogen and oxygen atoms in total. The van der Waals surface area contributed by atoms with E-state index in [0.29, 0.717) is 17.8 Å². The van der Waals surface area contributed by atoms with E-state index in [-0.39, 0.29) is 5.97 Å². The number of hydrogen-bond acceptors (Lipinski definition) is 4. The van der Waals surface area contributed by atoms with Gasteiger partial charge < -0.3 is 10.1 Å². The topological polar surface area (TPSA) is 51.2 Å². The second-order valence-corrected chi connectivity index (χ2v) is 6.73. The fourth-order valence-corrected chi connectivity index (χ4v) is 3.50. The van der Waals surface area contributed by atoms with E-state index in [1.54, 1.807) is 18.5 Å². The smallest absolute Gasteiger partial charge is 0.340 e. The molecule has 0 aliphatic heterocycles. The highest BCUT2D eigenvalue weighted by atomic mass is 16.5. The number of methoxy groups -OCH3 is 1. The third-order valence-electron chi connectivity index (χ3n) is 5.02. The molecule has 4 heteroatoms. The minimum atomic E-state index is -0.350. The van der Waals surface area contributed by atoms with Gasteiger partial charge in [-0.15, -0.1) is 0 Å². The molecule has 1 aromatic carbocycles.